The fraction of sp³-hybridized carbons (Fsp3) is 0.533. The number of carbonyl (C=O) groups excluding carboxylic acids is 1. The average Bonchev–Trinajstić information content (AvgIpc) is 2.42. The smallest absolute Gasteiger partial charge is 0.237 e. The van der Waals surface area contributed by atoms with E-state index in [1.54, 1.807) is 6.92 Å². The van der Waals surface area contributed by atoms with Crippen molar-refractivity contribution in [2.75, 3.05) is 13.1 Å². The van der Waals surface area contributed by atoms with Gasteiger partial charge in [0.05, 0.1) is 0 Å². The predicted octanol–water partition coefficient (Wildman–Crippen LogP) is 2.39. The van der Waals surface area contributed by atoms with Gasteiger partial charge < -0.3 is 5.32 Å². The highest BCUT2D eigenvalue weighted by Crippen LogP contribution is 2.14. The van der Waals surface area contributed by atoms with Gasteiger partial charge in [0.15, 0.2) is 0 Å². The van der Waals surface area contributed by atoms with Crippen molar-refractivity contribution in [3.63, 3.8) is 0 Å². The minimum atomic E-state index is -0.442. The number of benzene rings is 1. The molecule has 2 rings (SSSR count). The summed E-state index contributed by atoms with van der Waals surface area (Å²) in [6.45, 7) is 4.75. The zero-order valence-corrected chi connectivity index (χ0v) is 12.1. The highest BCUT2D eigenvalue weighted by molar-refractivity contribution is 6.30. The van der Waals surface area contributed by atoms with Gasteiger partial charge in [0.25, 0.3) is 0 Å². The molecule has 0 bridgehead atoms. The normalized spacial score (nSPS) is 19.1. The molecule has 0 aliphatic carbocycles. The summed E-state index contributed by atoms with van der Waals surface area (Å²) in [6.07, 6.45) is 2.00. The minimum absolute atomic E-state index is 0.0526. The quantitative estimate of drug-likeness (QED) is 0.859. The number of rotatable bonds is 4. The molecule has 1 amide bonds. The number of hydrogen-bond acceptors (Lipinski definition) is 2. The van der Waals surface area contributed by atoms with Gasteiger partial charge in [-0.1, -0.05) is 30.3 Å². The van der Waals surface area contributed by atoms with Crippen molar-refractivity contribution in [2.45, 2.75) is 37.7 Å². The third kappa shape index (κ3) is 4.51. The second-order valence-electron chi connectivity index (χ2n) is 5.16. The largest absolute Gasteiger partial charge is 0.352 e. The first-order valence-corrected chi connectivity index (χ1v) is 7.29. The first kappa shape index (κ1) is 14.4. The van der Waals surface area contributed by atoms with Crippen LogP contribution in [-0.4, -0.2) is 35.3 Å². The van der Waals surface area contributed by atoms with Crippen LogP contribution in [0.3, 0.4) is 0 Å². The highest BCUT2D eigenvalue weighted by Gasteiger charge is 2.21. The van der Waals surface area contributed by atoms with E-state index in [4.69, 9.17) is 11.6 Å². The molecule has 19 heavy (non-hydrogen) atoms. The third-order valence-electron chi connectivity index (χ3n) is 3.54. The van der Waals surface area contributed by atoms with Crippen LogP contribution in [0.1, 0.15) is 25.3 Å². The summed E-state index contributed by atoms with van der Waals surface area (Å²) in [5.74, 6) is -0.0526. The molecule has 1 atom stereocenters. The molecule has 0 aromatic heterocycles. The Morgan fingerprint density at radius 2 is 2.00 bits per heavy atom. The van der Waals surface area contributed by atoms with E-state index in [-0.39, 0.29) is 11.9 Å². The van der Waals surface area contributed by atoms with Gasteiger partial charge in [0, 0.05) is 25.7 Å². The summed E-state index contributed by atoms with van der Waals surface area (Å²) >= 11 is 5.76. The Balaban J connectivity index is 1.75. The van der Waals surface area contributed by atoms with Crippen molar-refractivity contribution in [1.29, 1.82) is 0 Å². The summed E-state index contributed by atoms with van der Waals surface area (Å²) < 4.78 is 0. The topological polar surface area (TPSA) is 32.3 Å². The third-order valence-corrected chi connectivity index (χ3v) is 3.74. The number of carbonyl (C=O) groups is 1. The summed E-state index contributed by atoms with van der Waals surface area (Å²) in [4.78, 5) is 14.0. The van der Waals surface area contributed by atoms with Crippen LogP contribution in [0, 0.1) is 0 Å². The molecular weight excluding hydrogens is 260 g/mol. The molecule has 104 valence electrons. The van der Waals surface area contributed by atoms with Crippen molar-refractivity contribution in [3.05, 3.63) is 35.9 Å². The van der Waals surface area contributed by atoms with Crippen LogP contribution in [0.15, 0.2) is 30.3 Å². The maximum Gasteiger partial charge on any atom is 0.237 e. The summed E-state index contributed by atoms with van der Waals surface area (Å²) in [5, 5.41) is 2.56. The monoisotopic (exact) mass is 280 g/mol. The van der Waals surface area contributed by atoms with Gasteiger partial charge in [-0.25, -0.2) is 0 Å². The number of nitrogens with zero attached hydrogens (tertiary/aromatic N) is 1. The molecule has 1 aromatic rings. The molecule has 1 N–H and O–H groups in total. The Morgan fingerprint density at radius 3 is 2.58 bits per heavy atom. The van der Waals surface area contributed by atoms with Gasteiger partial charge >= 0.3 is 0 Å². The van der Waals surface area contributed by atoms with E-state index in [1.165, 1.54) is 5.56 Å². The van der Waals surface area contributed by atoms with Gasteiger partial charge in [-0.05, 0) is 25.3 Å². The number of piperidine rings is 1. The molecule has 1 unspecified atom stereocenters. The number of hydrogen-bond donors (Lipinski definition) is 1. The number of halogens is 1. The van der Waals surface area contributed by atoms with E-state index in [2.05, 4.69) is 34.5 Å². The van der Waals surface area contributed by atoms with Crippen LogP contribution in [-0.2, 0) is 11.3 Å². The van der Waals surface area contributed by atoms with Gasteiger partial charge in [-0.2, -0.15) is 0 Å². The lowest BCUT2D eigenvalue weighted by molar-refractivity contribution is -0.121. The van der Waals surface area contributed by atoms with Crippen LogP contribution < -0.4 is 5.32 Å². The Hall–Kier alpha value is -1.06. The Morgan fingerprint density at radius 1 is 1.37 bits per heavy atom. The second kappa shape index (κ2) is 6.92. The molecule has 0 radical (unpaired) electrons. The fourth-order valence-corrected chi connectivity index (χ4v) is 2.46. The molecule has 1 aliphatic rings. The van der Waals surface area contributed by atoms with Crippen LogP contribution in [0.5, 0.6) is 0 Å². The molecule has 1 aromatic carbocycles. The molecule has 1 fully saturated rings. The maximum absolute atomic E-state index is 11.5. The van der Waals surface area contributed by atoms with Gasteiger partial charge in [-0.3, -0.25) is 9.69 Å². The lowest BCUT2D eigenvalue weighted by Crippen LogP contribution is -2.46. The molecule has 0 spiro atoms. The Bertz CT molecular complexity index is 400. The van der Waals surface area contributed by atoms with Crippen molar-refractivity contribution in [2.24, 2.45) is 0 Å². The first-order chi connectivity index (χ1) is 9.15. The first-order valence-electron chi connectivity index (χ1n) is 6.86. The zero-order chi connectivity index (χ0) is 13.7. The Labute approximate surface area is 119 Å². The van der Waals surface area contributed by atoms with Gasteiger partial charge in [0.1, 0.15) is 5.38 Å². The fourth-order valence-electron chi connectivity index (χ4n) is 2.39. The van der Waals surface area contributed by atoms with E-state index in [0.717, 1.165) is 32.5 Å². The van der Waals surface area contributed by atoms with Crippen LogP contribution in [0.4, 0.5) is 0 Å². The highest BCUT2D eigenvalue weighted by atomic mass is 35.5. The van der Waals surface area contributed by atoms with Crippen LogP contribution in [0.25, 0.3) is 0 Å². The van der Waals surface area contributed by atoms with E-state index < -0.39 is 5.38 Å². The van der Waals surface area contributed by atoms with Crippen LogP contribution >= 0.6 is 11.6 Å². The standard InChI is InChI=1S/C15H21ClN2O/c1-12(16)15(19)17-14-7-9-18(10-8-14)11-13-5-3-2-4-6-13/h2-6,12,14H,7-11H2,1H3,(H,17,19). The number of amides is 1. The molecule has 3 nitrogen and oxygen atoms in total. The lowest BCUT2D eigenvalue weighted by atomic mass is 10.0. The zero-order valence-electron chi connectivity index (χ0n) is 11.3. The molecular formula is C15H21ClN2O. The van der Waals surface area contributed by atoms with E-state index in [1.807, 2.05) is 6.07 Å². The average molecular weight is 281 g/mol. The molecule has 4 heteroatoms. The SMILES string of the molecule is CC(Cl)C(=O)NC1CCN(Cc2ccccc2)CC1. The van der Waals surface area contributed by atoms with Crippen molar-refractivity contribution in [1.82, 2.24) is 10.2 Å². The summed E-state index contributed by atoms with van der Waals surface area (Å²) in [7, 11) is 0. The van der Waals surface area contributed by atoms with Crippen molar-refractivity contribution in [3.8, 4) is 0 Å². The molecule has 0 saturated carbocycles. The van der Waals surface area contributed by atoms with E-state index >= 15 is 0 Å². The molecule has 1 heterocycles. The lowest BCUT2D eigenvalue weighted by Gasteiger charge is -2.32. The minimum Gasteiger partial charge on any atom is -0.352 e. The summed E-state index contributed by atoms with van der Waals surface area (Å²) in [5.41, 5.74) is 1.35. The van der Waals surface area contributed by atoms with E-state index in [0.29, 0.717) is 0 Å². The summed E-state index contributed by atoms with van der Waals surface area (Å²) in [6, 6.07) is 10.8. The predicted molar refractivity (Wildman–Crippen MR) is 78.2 cm³/mol. The van der Waals surface area contributed by atoms with Gasteiger partial charge in [-0.15, -0.1) is 11.6 Å². The maximum atomic E-state index is 11.5. The van der Waals surface area contributed by atoms with Crippen molar-refractivity contribution >= 4 is 17.5 Å². The number of likely N-dealkylation sites (tertiary alicyclic amines) is 1. The molecule has 1 saturated heterocycles. The van der Waals surface area contributed by atoms with Crippen LogP contribution in [0.2, 0.25) is 0 Å². The molecule has 1 aliphatic heterocycles. The number of alkyl halides is 1. The van der Waals surface area contributed by atoms with Crippen molar-refractivity contribution < 1.29 is 4.79 Å². The Kier molecular flexibility index (Phi) is 5.23. The van der Waals surface area contributed by atoms with E-state index in [9.17, 15) is 4.79 Å². The number of nitrogens with one attached hydrogen (secondary N) is 1. The van der Waals surface area contributed by atoms with Gasteiger partial charge in [0.2, 0.25) is 5.91 Å². The second-order valence-corrected chi connectivity index (χ2v) is 5.82.